The molecule has 4 aromatic rings. The summed E-state index contributed by atoms with van der Waals surface area (Å²) < 4.78 is 16.4. The van der Waals surface area contributed by atoms with Gasteiger partial charge in [-0.3, -0.25) is 9.59 Å². The Hall–Kier alpha value is -4.96. The second kappa shape index (κ2) is 12.1. The highest BCUT2D eigenvalue weighted by Crippen LogP contribution is 2.23. The number of nitrogens with one attached hydrogen (secondary N) is 2. The van der Waals surface area contributed by atoms with E-state index in [0.29, 0.717) is 17.2 Å². The van der Waals surface area contributed by atoms with E-state index in [0.717, 1.165) is 11.6 Å². The standard InChI is InChI=1S/C27H23N3O7/c31-26(28-20-11-13-22(14-12-20)36-21-9-5-2-6-10-21)23(18-35-17-19-7-3-1-4-8-19)29-27(32)24-15-16-25(37-24)30(33)34/h1-16,23H,17-18H2,(H2-,28,29,31,32,33,34)/p+1. The van der Waals surface area contributed by atoms with Crippen LogP contribution in [0.5, 0.6) is 11.5 Å². The number of hydrogen-bond acceptors (Lipinski definition) is 6. The third-order valence-electron chi connectivity index (χ3n) is 5.12. The number of hydrogen-bond donors (Lipinski definition) is 3. The molecule has 10 nitrogen and oxygen atoms in total. The van der Waals surface area contributed by atoms with Crippen LogP contribution in [0.15, 0.2) is 101 Å². The van der Waals surface area contributed by atoms with Crippen molar-refractivity contribution in [2.45, 2.75) is 12.6 Å². The van der Waals surface area contributed by atoms with Crippen molar-refractivity contribution in [2.24, 2.45) is 0 Å². The maximum absolute atomic E-state index is 13.0. The van der Waals surface area contributed by atoms with Crippen LogP contribution in [0.4, 0.5) is 11.6 Å². The SMILES string of the molecule is O=C(NC(COCc1ccccc1)C(=O)Nc1ccc(Oc2ccccc2)cc1)c1ccc([N+](=O)O)o1. The van der Waals surface area contributed by atoms with Crippen LogP contribution in [-0.4, -0.2) is 34.6 Å². The fourth-order valence-corrected chi connectivity index (χ4v) is 3.29. The largest absolute Gasteiger partial charge is 0.480 e. The molecule has 1 unspecified atom stereocenters. The Bertz CT molecular complexity index is 1340. The highest BCUT2D eigenvalue weighted by molar-refractivity contribution is 6.00. The molecule has 0 aliphatic rings. The number of amides is 2. The number of furan rings is 1. The van der Waals surface area contributed by atoms with E-state index in [1.807, 2.05) is 60.7 Å². The Balaban J connectivity index is 1.41. The lowest BCUT2D eigenvalue weighted by atomic mass is 10.2. The zero-order valence-electron chi connectivity index (χ0n) is 19.6. The van der Waals surface area contributed by atoms with Gasteiger partial charge in [0, 0.05) is 5.69 Å². The van der Waals surface area contributed by atoms with Gasteiger partial charge in [-0.05, 0) is 48.0 Å². The van der Waals surface area contributed by atoms with Crippen LogP contribution in [0.3, 0.4) is 0 Å². The molecule has 37 heavy (non-hydrogen) atoms. The van der Waals surface area contributed by atoms with E-state index < -0.39 is 28.7 Å². The minimum atomic E-state index is -1.09. The molecule has 188 valence electrons. The topological polar surface area (TPSA) is 130 Å². The third-order valence-corrected chi connectivity index (χ3v) is 5.12. The molecule has 0 aliphatic carbocycles. The summed E-state index contributed by atoms with van der Waals surface area (Å²) in [5.41, 5.74) is 1.38. The lowest BCUT2D eigenvalue weighted by Crippen LogP contribution is -2.46. The van der Waals surface area contributed by atoms with Gasteiger partial charge in [-0.15, -0.1) is 0 Å². The molecular weight excluding hydrogens is 478 g/mol. The first-order valence-electron chi connectivity index (χ1n) is 11.3. The number of rotatable bonds is 11. The summed E-state index contributed by atoms with van der Waals surface area (Å²) in [6.07, 6.45) is 0. The summed E-state index contributed by atoms with van der Waals surface area (Å²) in [4.78, 5) is 36.2. The Morgan fingerprint density at radius 1 is 0.865 bits per heavy atom. The summed E-state index contributed by atoms with van der Waals surface area (Å²) in [7, 11) is 0. The van der Waals surface area contributed by atoms with E-state index in [-0.39, 0.29) is 19.0 Å². The molecule has 0 saturated heterocycles. The number of nitrogens with zero attached hydrogens (tertiary/aromatic N) is 1. The van der Waals surface area contributed by atoms with Crippen molar-refractivity contribution < 1.29 is 33.6 Å². The summed E-state index contributed by atoms with van der Waals surface area (Å²) in [5, 5.41) is 14.2. The Kier molecular flexibility index (Phi) is 8.25. The summed E-state index contributed by atoms with van der Waals surface area (Å²) in [6, 6.07) is 26.6. The van der Waals surface area contributed by atoms with Gasteiger partial charge in [0.05, 0.1) is 24.2 Å². The van der Waals surface area contributed by atoms with Crippen molar-refractivity contribution in [3.63, 3.8) is 0 Å². The van der Waals surface area contributed by atoms with Crippen molar-refractivity contribution in [1.29, 1.82) is 0 Å². The molecule has 4 rings (SSSR count). The normalized spacial score (nSPS) is 11.4. The summed E-state index contributed by atoms with van der Waals surface area (Å²) >= 11 is 0. The number of anilines is 1. The fraction of sp³-hybridized carbons (Fsp3) is 0.111. The molecule has 0 radical (unpaired) electrons. The first kappa shape index (κ1) is 25.1. The molecule has 3 aromatic carbocycles. The van der Waals surface area contributed by atoms with Crippen molar-refractivity contribution in [2.75, 3.05) is 11.9 Å². The zero-order valence-corrected chi connectivity index (χ0v) is 19.6. The highest BCUT2D eigenvalue weighted by Gasteiger charge is 2.26. The third kappa shape index (κ3) is 7.26. The van der Waals surface area contributed by atoms with Crippen LogP contribution in [0.1, 0.15) is 16.1 Å². The van der Waals surface area contributed by atoms with E-state index in [4.69, 9.17) is 19.1 Å². The van der Waals surface area contributed by atoms with Crippen LogP contribution >= 0.6 is 0 Å². The minimum absolute atomic E-state index is 0.136. The molecule has 1 atom stereocenters. The number of benzene rings is 3. The van der Waals surface area contributed by atoms with E-state index >= 15 is 0 Å². The minimum Gasteiger partial charge on any atom is -0.457 e. The average Bonchev–Trinajstić information content (AvgIpc) is 3.42. The maximum Gasteiger partial charge on any atom is 0.480 e. The molecule has 10 heteroatoms. The summed E-state index contributed by atoms with van der Waals surface area (Å²) in [6.45, 7) is 0.0927. The average molecular weight is 503 g/mol. The predicted molar refractivity (Wildman–Crippen MR) is 133 cm³/mol. The van der Waals surface area contributed by atoms with Crippen molar-refractivity contribution in [1.82, 2.24) is 5.32 Å². The lowest BCUT2D eigenvalue weighted by molar-refractivity contribution is -0.737. The molecule has 0 bridgehead atoms. The van der Waals surface area contributed by atoms with Gasteiger partial charge in [0.1, 0.15) is 17.5 Å². The second-order valence-corrected chi connectivity index (χ2v) is 7.87. The number of ether oxygens (including phenoxy) is 2. The van der Waals surface area contributed by atoms with Gasteiger partial charge in [0.15, 0.2) is 5.76 Å². The van der Waals surface area contributed by atoms with Gasteiger partial charge in [-0.1, -0.05) is 48.5 Å². The van der Waals surface area contributed by atoms with Gasteiger partial charge in [-0.25, -0.2) is 5.21 Å². The first-order chi connectivity index (χ1) is 18.0. The van der Waals surface area contributed by atoms with Crippen LogP contribution in [0.2, 0.25) is 0 Å². The maximum atomic E-state index is 13.0. The first-order valence-corrected chi connectivity index (χ1v) is 11.3. The molecule has 0 spiro atoms. The number of carbonyl (C=O) groups is 2. The molecule has 1 heterocycles. The monoisotopic (exact) mass is 502 g/mol. The van der Waals surface area contributed by atoms with E-state index in [2.05, 4.69) is 10.6 Å². The fourth-order valence-electron chi connectivity index (χ4n) is 3.29. The summed E-state index contributed by atoms with van der Waals surface area (Å²) in [5.74, 6) is -0.747. The molecule has 2 amide bonds. The van der Waals surface area contributed by atoms with Gasteiger partial charge >= 0.3 is 5.88 Å². The van der Waals surface area contributed by atoms with E-state index in [1.165, 1.54) is 6.07 Å². The second-order valence-electron chi connectivity index (χ2n) is 7.87. The molecule has 0 aliphatic heterocycles. The van der Waals surface area contributed by atoms with E-state index in [9.17, 15) is 14.5 Å². The van der Waals surface area contributed by atoms with Gasteiger partial charge in [-0.2, -0.15) is 0 Å². The Morgan fingerprint density at radius 3 is 2.16 bits per heavy atom. The molecule has 0 saturated carbocycles. The van der Waals surface area contributed by atoms with Crippen LogP contribution in [0.25, 0.3) is 0 Å². The van der Waals surface area contributed by atoms with Crippen molar-refractivity contribution in [3.05, 3.63) is 113 Å². The van der Waals surface area contributed by atoms with Crippen LogP contribution < -0.4 is 15.4 Å². The van der Waals surface area contributed by atoms with Crippen LogP contribution in [0, 0.1) is 4.91 Å². The van der Waals surface area contributed by atoms with Gasteiger partial charge in [0.25, 0.3) is 10.8 Å². The van der Waals surface area contributed by atoms with Gasteiger partial charge < -0.3 is 24.5 Å². The van der Waals surface area contributed by atoms with Gasteiger partial charge in [0.2, 0.25) is 5.91 Å². The van der Waals surface area contributed by atoms with E-state index in [1.54, 1.807) is 24.3 Å². The molecule has 3 N–H and O–H groups in total. The molecular formula is C27H24N3O7+. The van der Waals surface area contributed by atoms with Crippen molar-refractivity contribution >= 4 is 23.4 Å². The Morgan fingerprint density at radius 2 is 1.51 bits per heavy atom. The smallest absolute Gasteiger partial charge is 0.457 e. The predicted octanol–water partition coefficient (Wildman–Crippen LogP) is 4.83. The number of para-hydroxylation sites is 1. The Labute approximate surface area is 212 Å². The number of carbonyl (C=O) groups excluding carboxylic acids is 2. The highest BCUT2D eigenvalue weighted by atomic mass is 16.6. The zero-order chi connectivity index (χ0) is 26.0. The molecule has 1 aromatic heterocycles. The lowest BCUT2D eigenvalue weighted by Gasteiger charge is -2.18. The quantitative estimate of drug-likeness (QED) is 0.251. The van der Waals surface area contributed by atoms with Crippen LogP contribution in [-0.2, 0) is 16.1 Å². The molecule has 0 fully saturated rings. The van der Waals surface area contributed by atoms with Crippen molar-refractivity contribution in [3.8, 4) is 11.5 Å².